The van der Waals surface area contributed by atoms with E-state index in [2.05, 4.69) is 38.0 Å². The maximum absolute atomic E-state index is 5.65. The highest BCUT2D eigenvalue weighted by atomic mass is 16.5. The van der Waals surface area contributed by atoms with Crippen molar-refractivity contribution in [3.05, 3.63) is 0 Å². The predicted molar refractivity (Wildman–Crippen MR) is 64.2 cm³/mol. The van der Waals surface area contributed by atoms with E-state index in [1.54, 1.807) is 0 Å². The molecule has 1 N–H and O–H groups in total. The van der Waals surface area contributed by atoms with E-state index in [9.17, 15) is 0 Å². The second-order valence-electron chi connectivity index (χ2n) is 4.66. The Morgan fingerprint density at radius 2 is 2.20 bits per heavy atom. The summed E-state index contributed by atoms with van der Waals surface area (Å²) in [6.45, 7) is 9.75. The second kappa shape index (κ2) is 6.46. The van der Waals surface area contributed by atoms with Gasteiger partial charge in [-0.25, -0.2) is 0 Å². The number of rotatable bonds is 6. The third-order valence-corrected chi connectivity index (χ3v) is 3.46. The molecule has 3 heteroatoms. The normalized spacial score (nSPS) is 25.8. The summed E-state index contributed by atoms with van der Waals surface area (Å²) in [5.74, 6) is 0. The van der Waals surface area contributed by atoms with E-state index < -0.39 is 0 Å². The van der Waals surface area contributed by atoms with Gasteiger partial charge in [-0.3, -0.25) is 4.90 Å². The number of hydrogen-bond donors (Lipinski definition) is 1. The largest absolute Gasteiger partial charge is 0.377 e. The first-order valence-corrected chi connectivity index (χ1v) is 6.20. The summed E-state index contributed by atoms with van der Waals surface area (Å²) < 4.78 is 5.65. The van der Waals surface area contributed by atoms with Gasteiger partial charge in [0.05, 0.1) is 6.10 Å². The molecule has 1 saturated heterocycles. The number of nitrogens with one attached hydrogen (secondary N) is 1. The van der Waals surface area contributed by atoms with Crippen LogP contribution in [0.1, 0.15) is 33.6 Å². The first-order valence-electron chi connectivity index (χ1n) is 6.20. The number of likely N-dealkylation sites (N-methyl/N-ethyl adjacent to an activating group) is 2. The zero-order chi connectivity index (χ0) is 11.3. The van der Waals surface area contributed by atoms with Gasteiger partial charge < -0.3 is 10.1 Å². The summed E-state index contributed by atoms with van der Waals surface area (Å²) in [4.78, 5) is 2.41. The fourth-order valence-corrected chi connectivity index (χ4v) is 2.15. The topological polar surface area (TPSA) is 24.5 Å². The highest BCUT2D eigenvalue weighted by Gasteiger charge is 2.22. The molecule has 0 aromatic heterocycles. The molecule has 1 rings (SSSR count). The number of nitrogens with zero attached hydrogens (tertiary/aromatic N) is 1. The van der Waals surface area contributed by atoms with Gasteiger partial charge in [0.15, 0.2) is 0 Å². The van der Waals surface area contributed by atoms with Crippen LogP contribution in [0.3, 0.4) is 0 Å². The van der Waals surface area contributed by atoms with Crippen LogP contribution in [0.15, 0.2) is 0 Å². The fraction of sp³-hybridized carbons (Fsp3) is 1.00. The van der Waals surface area contributed by atoms with Crippen LogP contribution in [0.5, 0.6) is 0 Å². The molecular formula is C12H26N2O. The Labute approximate surface area is 94.2 Å². The molecule has 0 aliphatic carbocycles. The Morgan fingerprint density at radius 1 is 1.47 bits per heavy atom. The van der Waals surface area contributed by atoms with Crippen LogP contribution in [-0.4, -0.2) is 49.8 Å². The first kappa shape index (κ1) is 12.9. The maximum Gasteiger partial charge on any atom is 0.0702 e. The van der Waals surface area contributed by atoms with Crippen LogP contribution in [-0.2, 0) is 4.74 Å². The van der Waals surface area contributed by atoms with E-state index in [-0.39, 0.29) is 0 Å². The fourth-order valence-electron chi connectivity index (χ4n) is 2.15. The van der Waals surface area contributed by atoms with Gasteiger partial charge in [0.1, 0.15) is 0 Å². The molecule has 1 heterocycles. The Morgan fingerprint density at radius 3 is 2.73 bits per heavy atom. The monoisotopic (exact) mass is 214 g/mol. The standard InChI is InChI=1S/C12H26N2O/c1-5-13-10(2)11(3)14(4)9-12-7-6-8-15-12/h10-13H,5-9H2,1-4H3. The van der Waals surface area contributed by atoms with Crippen molar-refractivity contribution in [1.29, 1.82) is 0 Å². The average molecular weight is 214 g/mol. The summed E-state index contributed by atoms with van der Waals surface area (Å²) in [6, 6.07) is 1.11. The Hall–Kier alpha value is -0.120. The highest BCUT2D eigenvalue weighted by Crippen LogP contribution is 2.14. The van der Waals surface area contributed by atoms with Crippen molar-refractivity contribution in [3.63, 3.8) is 0 Å². The Kier molecular flexibility index (Phi) is 5.58. The molecule has 0 bridgehead atoms. The lowest BCUT2D eigenvalue weighted by Crippen LogP contribution is -2.47. The molecular weight excluding hydrogens is 188 g/mol. The summed E-state index contributed by atoms with van der Waals surface area (Å²) >= 11 is 0. The van der Waals surface area contributed by atoms with Gasteiger partial charge in [0.25, 0.3) is 0 Å². The number of hydrogen-bond acceptors (Lipinski definition) is 3. The van der Waals surface area contributed by atoms with Crippen molar-refractivity contribution in [2.75, 3.05) is 26.7 Å². The Bertz CT molecular complexity index is 169. The first-order chi connectivity index (χ1) is 7.15. The molecule has 0 spiro atoms. The summed E-state index contributed by atoms with van der Waals surface area (Å²) in [5.41, 5.74) is 0. The molecule has 3 nitrogen and oxygen atoms in total. The van der Waals surface area contributed by atoms with Gasteiger partial charge in [-0.05, 0) is 40.3 Å². The van der Waals surface area contributed by atoms with E-state index in [1.165, 1.54) is 12.8 Å². The minimum atomic E-state index is 0.464. The third kappa shape index (κ3) is 4.09. The Balaban J connectivity index is 2.27. The average Bonchev–Trinajstić information content (AvgIpc) is 2.69. The van der Waals surface area contributed by atoms with Gasteiger partial charge in [0.2, 0.25) is 0 Å². The molecule has 1 fully saturated rings. The molecule has 0 radical (unpaired) electrons. The molecule has 15 heavy (non-hydrogen) atoms. The molecule has 3 unspecified atom stereocenters. The van der Waals surface area contributed by atoms with Crippen LogP contribution in [0.2, 0.25) is 0 Å². The second-order valence-corrected chi connectivity index (χ2v) is 4.66. The third-order valence-electron chi connectivity index (χ3n) is 3.46. The summed E-state index contributed by atoms with van der Waals surface area (Å²) in [5, 5.41) is 3.47. The zero-order valence-corrected chi connectivity index (χ0v) is 10.6. The lowest BCUT2D eigenvalue weighted by atomic mass is 10.1. The highest BCUT2D eigenvalue weighted by molar-refractivity contribution is 4.78. The van der Waals surface area contributed by atoms with Crippen molar-refractivity contribution >= 4 is 0 Å². The van der Waals surface area contributed by atoms with Crippen molar-refractivity contribution in [1.82, 2.24) is 10.2 Å². The van der Waals surface area contributed by atoms with Crippen molar-refractivity contribution in [2.24, 2.45) is 0 Å². The molecule has 0 aromatic rings. The molecule has 90 valence electrons. The minimum Gasteiger partial charge on any atom is -0.377 e. The van der Waals surface area contributed by atoms with E-state index in [0.717, 1.165) is 19.7 Å². The molecule has 1 aliphatic rings. The van der Waals surface area contributed by atoms with Crippen LogP contribution in [0.25, 0.3) is 0 Å². The number of ether oxygens (including phenoxy) is 1. The van der Waals surface area contributed by atoms with Gasteiger partial charge in [0, 0.05) is 25.2 Å². The predicted octanol–water partition coefficient (Wildman–Crippen LogP) is 1.48. The van der Waals surface area contributed by atoms with Crippen LogP contribution in [0, 0.1) is 0 Å². The maximum atomic E-state index is 5.65. The molecule has 0 amide bonds. The van der Waals surface area contributed by atoms with Gasteiger partial charge in [-0.15, -0.1) is 0 Å². The quantitative estimate of drug-likeness (QED) is 0.725. The van der Waals surface area contributed by atoms with E-state index in [0.29, 0.717) is 18.2 Å². The summed E-state index contributed by atoms with van der Waals surface area (Å²) in [6.07, 6.45) is 2.92. The van der Waals surface area contributed by atoms with Gasteiger partial charge in [-0.1, -0.05) is 6.92 Å². The van der Waals surface area contributed by atoms with Crippen LogP contribution in [0.4, 0.5) is 0 Å². The van der Waals surface area contributed by atoms with Crippen LogP contribution >= 0.6 is 0 Å². The summed E-state index contributed by atoms with van der Waals surface area (Å²) in [7, 11) is 2.19. The minimum absolute atomic E-state index is 0.464. The van der Waals surface area contributed by atoms with Crippen molar-refractivity contribution < 1.29 is 4.74 Å². The van der Waals surface area contributed by atoms with Crippen molar-refractivity contribution in [2.45, 2.75) is 51.8 Å². The zero-order valence-electron chi connectivity index (χ0n) is 10.6. The van der Waals surface area contributed by atoms with Crippen LogP contribution < -0.4 is 5.32 Å². The molecule has 1 aliphatic heterocycles. The van der Waals surface area contributed by atoms with E-state index >= 15 is 0 Å². The van der Waals surface area contributed by atoms with Crippen molar-refractivity contribution in [3.8, 4) is 0 Å². The SMILES string of the molecule is CCNC(C)C(C)N(C)CC1CCCO1. The van der Waals surface area contributed by atoms with Gasteiger partial charge >= 0.3 is 0 Å². The molecule has 0 saturated carbocycles. The van der Waals surface area contributed by atoms with E-state index in [1.807, 2.05) is 0 Å². The van der Waals surface area contributed by atoms with Gasteiger partial charge in [-0.2, -0.15) is 0 Å². The van der Waals surface area contributed by atoms with E-state index in [4.69, 9.17) is 4.74 Å². The lowest BCUT2D eigenvalue weighted by molar-refractivity contribution is 0.0653. The molecule has 0 aromatic carbocycles. The smallest absolute Gasteiger partial charge is 0.0702 e. The lowest BCUT2D eigenvalue weighted by Gasteiger charge is -2.31. The molecule has 3 atom stereocenters.